The predicted molar refractivity (Wildman–Crippen MR) is 100 cm³/mol. The molecule has 1 aliphatic heterocycles. The fourth-order valence-electron chi connectivity index (χ4n) is 3.04. The number of carbonyl (C=O) groups excluding carboxylic acids is 2. The van der Waals surface area contributed by atoms with Gasteiger partial charge >= 0.3 is 0 Å². The van der Waals surface area contributed by atoms with Crippen LogP contribution in [0.1, 0.15) is 23.0 Å². The first-order valence-corrected chi connectivity index (χ1v) is 10.6. The summed E-state index contributed by atoms with van der Waals surface area (Å²) in [6, 6.07) is 5.25. The van der Waals surface area contributed by atoms with E-state index in [0.717, 1.165) is 0 Å². The van der Waals surface area contributed by atoms with Crippen LogP contribution in [-0.4, -0.2) is 65.5 Å². The highest BCUT2D eigenvalue weighted by Gasteiger charge is 2.29. The lowest BCUT2D eigenvalue weighted by Gasteiger charge is -2.29. The van der Waals surface area contributed by atoms with Gasteiger partial charge in [0.15, 0.2) is 9.84 Å². The second-order valence-electron chi connectivity index (χ2n) is 6.68. The second-order valence-corrected chi connectivity index (χ2v) is 8.98. The van der Waals surface area contributed by atoms with Crippen molar-refractivity contribution in [3.63, 3.8) is 0 Å². The van der Waals surface area contributed by atoms with E-state index >= 15 is 0 Å². The molecule has 8 nitrogen and oxygen atoms in total. The van der Waals surface area contributed by atoms with E-state index < -0.39 is 27.6 Å². The normalized spacial score (nSPS) is 17.2. The van der Waals surface area contributed by atoms with Gasteiger partial charge in [0.1, 0.15) is 17.5 Å². The highest BCUT2D eigenvalue weighted by molar-refractivity contribution is 7.91. The average molecular weight is 408 g/mol. The monoisotopic (exact) mass is 408 g/mol. The molecule has 1 aliphatic rings. The van der Waals surface area contributed by atoms with Gasteiger partial charge in [-0.3, -0.25) is 9.59 Å². The number of sulfone groups is 1. The molecule has 2 amide bonds. The van der Waals surface area contributed by atoms with E-state index in [0.29, 0.717) is 5.69 Å². The summed E-state index contributed by atoms with van der Waals surface area (Å²) in [5, 5.41) is 6.69. The Bertz CT molecular complexity index is 1000. The van der Waals surface area contributed by atoms with Gasteiger partial charge in [-0.25, -0.2) is 17.5 Å². The predicted octanol–water partition coefficient (Wildman–Crippen LogP) is 0.695. The zero-order chi connectivity index (χ0) is 20.5. The number of hydrogen-bond donors (Lipinski definition) is 1. The second kappa shape index (κ2) is 7.70. The molecule has 0 aliphatic carbocycles. The maximum absolute atomic E-state index is 14.0. The van der Waals surface area contributed by atoms with Gasteiger partial charge in [0.2, 0.25) is 5.91 Å². The molecule has 0 spiro atoms. The summed E-state index contributed by atoms with van der Waals surface area (Å²) in [4.78, 5) is 26.5. The Balaban J connectivity index is 1.70. The van der Waals surface area contributed by atoms with Gasteiger partial charge in [-0.05, 0) is 26.0 Å². The molecule has 1 aromatic heterocycles. The Hall–Kier alpha value is -2.75. The van der Waals surface area contributed by atoms with Crippen LogP contribution in [0.4, 0.5) is 4.39 Å². The summed E-state index contributed by atoms with van der Waals surface area (Å²) in [7, 11) is -3.10. The van der Waals surface area contributed by atoms with Crippen LogP contribution in [0, 0.1) is 12.7 Å². The highest BCUT2D eigenvalue weighted by atomic mass is 32.2. The zero-order valence-electron chi connectivity index (χ0n) is 15.6. The van der Waals surface area contributed by atoms with Crippen molar-refractivity contribution in [1.29, 1.82) is 0 Å². The standard InChI is InChI=1S/C18H21FN4O4S/c1-12(18(25)22-7-9-28(26,27)10-8-22)21-17(24)14-11-20-23(13(14)2)16-6-4-3-5-15(16)19/h3-6,11-12H,7-10H2,1-2H3,(H,21,24). The van der Waals surface area contributed by atoms with Crippen LogP contribution in [0.5, 0.6) is 0 Å². The summed E-state index contributed by atoms with van der Waals surface area (Å²) < 4.78 is 38.3. The Morgan fingerprint density at radius 1 is 1.21 bits per heavy atom. The molecule has 0 radical (unpaired) electrons. The van der Waals surface area contributed by atoms with Crippen molar-refractivity contribution >= 4 is 21.7 Å². The van der Waals surface area contributed by atoms with Crippen LogP contribution in [0.2, 0.25) is 0 Å². The summed E-state index contributed by atoms with van der Waals surface area (Å²) in [5.74, 6) is -1.47. The Kier molecular flexibility index (Phi) is 5.50. The highest BCUT2D eigenvalue weighted by Crippen LogP contribution is 2.17. The molecule has 1 atom stereocenters. The van der Waals surface area contributed by atoms with E-state index in [4.69, 9.17) is 0 Å². The minimum absolute atomic E-state index is 0.0755. The number of rotatable bonds is 4. The molecule has 2 aromatic rings. The van der Waals surface area contributed by atoms with E-state index in [1.165, 1.54) is 21.8 Å². The molecule has 1 fully saturated rings. The van der Waals surface area contributed by atoms with Gasteiger partial charge in [0.25, 0.3) is 5.91 Å². The molecule has 1 N–H and O–H groups in total. The first kappa shape index (κ1) is 20.0. The summed E-state index contributed by atoms with van der Waals surface area (Å²) in [5.41, 5.74) is 0.883. The van der Waals surface area contributed by atoms with E-state index in [9.17, 15) is 22.4 Å². The van der Waals surface area contributed by atoms with Gasteiger partial charge in [0, 0.05) is 13.1 Å². The van der Waals surface area contributed by atoms with E-state index in [2.05, 4.69) is 10.4 Å². The lowest BCUT2D eigenvalue weighted by atomic mass is 10.2. The summed E-state index contributed by atoms with van der Waals surface area (Å²) >= 11 is 0. The van der Waals surface area contributed by atoms with Crippen LogP contribution in [0.15, 0.2) is 30.5 Å². The number of para-hydroxylation sites is 1. The number of nitrogens with one attached hydrogen (secondary N) is 1. The van der Waals surface area contributed by atoms with Crippen LogP contribution in [-0.2, 0) is 14.6 Å². The molecule has 1 unspecified atom stereocenters. The van der Waals surface area contributed by atoms with Crippen molar-refractivity contribution in [2.45, 2.75) is 19.9 Å². The third-order valence-corrected chi connectivity index (χ3v) is 6.32. The summed E-state index contributed by atoms with van der Waals surface area (Å²) in [6.45, 7) is 3.41. The lowest BCUT2D eigenvalue weighted by molar-refractivity contribution is -0.132. The van der Waals surface area contributed by atoms with Crippen molar-refractivity contribution in [3.8, 4) is 5.69 Å². The smallest absolute Gasteiger partial charge is 0.255 e. The zero-order valence-corrected chi connectivity index (χ0v) is 16.4. The minimum atomic E-state index is -3.10. The van der Waals surface area contributed by atoms with E-state index in [1.807, 2.05) is 0 Å². The molecule has 10 heteroatoms. The van der Waals surface area contributed by atoms with Crippen LogP contribution in [0.25, 0.3) is 5.69 Å². The Morgan fingerprint density at radius 2 is 1.86 bits per heavy atom. The SMILES string of the molecule is Cc1c(C(=O)NC(C)C(=O)N2CCS(=O)(=O)CC2)cnn1-c1ccccc1F. The molecule has 1 saturated heterocycles. The third-order valence-electron chi connectivity index (χ3n) is 4.71. The van der Waals surface area contributed by atoms with Gasteiger partial charge in [0.05, 0.1) is 29.0 Å². The quantitative estimate of drug-likeness (QED) is 0.802. The van der Waals surface area contributed by atoms with Crippen LogP contribution in [0.3, 0.4) is 0 Å². The maximum atomic E-state index is 14.0. The number of nitrogens with zero attached hydrogens (tertiary/aromatic N) is 3. The maximum Gasteiger partial charge on any atom is 0.255 e. The van der Waals surface area contributed by atoms with Crippen molar-refractivity contribution in [1.82, 2.24) is 20.0 Å². The van der Waals surface area contributed by atoms with Gasteiger partial charge in [-0.1, -0.05) is 12.1 Å². The number of hydrogen-bond acceptors (Lipinski definition) is 5. The molecular formula is C18H21FN4O4S. The van der Waals surface area contributed by atoms with E-state index in [1.54, 1.807) is 32.0 Å². The number of benzene rings is 1. The topological polar surface area (TPSA) is 101 Å². The van der Waals surface area contributed by atoms with E-state index in [-0.39, 0.29) is 41.8 Å². The van der Waals surface area contributed by atoms with Crippen LogP contribution >= 0.6 is 0 Å². The number of halogens is 1. The van der Waals surface area contributed by atoms with Gasteiger partial charge in [-0.2, -0.15) is 5.10 Å². The Morgan fingerprint density at radius 3 is 2.50 bits per heavy atom. The first-order chi connectivity index (χ1) is 13.2. The fraction of sp³-hybridized carbons (Fsp3) is 0.389. The fourth-order valence-corrected chi connectivity index (χ4v) is 4.24. The molecule has 28 heavy (non-hydrogen) atoms. The average Bonchev–Trinajstić information content (AvgIpc) is 3.03. The van der Waals surface area contributed by atoms with Crippen molar-refractivity contribution in [3.05, 3.63) is 47.5 Å². The van der Waals surface area contributed by atoms with Gasteiger partial charge in [-0.15, -0.1) is 0 Å². The largest absolute Gasteiger partial charge is 0.340 e. The molecule has 0 bridgehead atoms. The first-order valence-electron chi connectivity index (χ1n) is 8.79. The summed E-state index contributed by atoms with van der Waals surface area (Å²) in [6.07, 6.45) is 1.32. The van der Waals surface area contributed by atoms with Crippen molar-refractivity contribution in [2.75, 3.05) is 24.6 Å². The Labute approximate surface area is 162 Å². The lowest BCUT2D eigenvalue weighted by Crippen LogP contribution is -2.51. The third kappa shape index (κ3) is 4.06. The number of amides is 2. The molecule has 150 valence electrons. The molecule has 3 rings (SSSR count). The molecule has 2 heterocycles. The molecule has 1 aromatic carbocycles. The number of aromatic nitrogens is 2. The van der Waals surface area contributed by atoms with Crippen LogP contribution < -0.4 is 5.32 Å². The molecular weight excluding hydrogens is 387 g/mol. The number of carbonyl (C=O) groups is 2. The minimum Gasteiger partial charge on any atom is -0.340 e. The van der Waals surface area contributed by atoms with Crippen molar-refractivity contribution in [2.24, 2.45) is 0 Å². The van der Waals surface area contributed by atoms with Gasteiger partial charge < -0.3 is 10.2 Å². The molecule has 0 saturated carbocycles. The van der Waals surface area contributed by atoms with Crippen molar-refractivity contribution < 1.29 is 22.4 Å².